The summed E-state index contributed by atoms with van der Waals surface area (Å²) >= 11 is 1.67. The predicted octanol–water partition coefficient (Wildman–Crippen LogP) is 1.57. The van der Waals surface area contributed by atoms with Gasteiger partial charge in [-0.2, -0.15) is 0 Å². The van der Waals surface area contributed by atoms with Gasteiger partial charge in [-0.05, 0) is 31.5 Å². The van der Waals surface area contributed by atoms with Crippen molar-refractivity contribution in [1.29, 1.82) is 0 Å². The van der Waals surface area contributed by atoms with E-state index in [9.17, 15) is 4.79 Å². The van der Waals surface area contributed by atoms with Gasteiger partial charge in [0.05, 0.1) is 0 Å². The Hall–Kier alpha value is -1.53. The average Bonchev–Trinajstić information content (AvgIpc) is 2.99. The van der Waals surface area contributed by atoms with E-state index in [-0.39, 0.29) is 5.69 Å². The molecular formula is C14H18N4OS. The second kappa shape index (κ2) is 5.46. The number of hydrogen-bond acceptors (Lipinski definition) is 4. The lowest BCUT2D eigenvalue weighted by Gasteiger charge is -2.18. The summed E-state index contributed by atoms with van der Waals surface area (Å²) in [6.07, 6.45) is 0.997. The Morgan fingerprint density at radius 3 is 3.05 bits per heavy atom. The first-order valence-electron chi connectivity index (χ1n) is 6.81. The van der Waals surface area contributed by atoms with E-state index in [4.69, 9.17) is 0 Å². The van der Waals surface area contributed by atoms with Gasteiger partial charge in [0.15, 0.2) is 5.16 Å². The minimum atomic E-state index is -0.133. The van der Waals surface area contributed by atoms with Crippen LogP contribution in [-0.2, 0) is 13.0 Å². The molecule has 0 fully saturated rings. The Labute approximate surface area is 121 Å². The average molecular weight is 290 g/mol. The molecule has 0 amide bonds. The van der Waals surface area contributed by atoms with E-state index in [0.29, 0.717) is 17.8 Å². The van der Waals surface area contributed by atoms with E-state index in [1.54, 1.807) is 16.3 Å². The van der Waals surface area contributed by atoms with Crippen LogP contribution in [-0.4, -0.2) is 27.1 Å². The number of nitrogens with one attached hydrogen (secondary N) is 2. The number of aromatic nitrogens is 3. The highest BCUT2D eigenvalue weighted by atomic mass is 32.2. The standard InChI is InChI=1S/C14H18N4OS/c1-3-18-13(19)16-17-14(18)20-11-8-9-6-4-5-7-10(9)12(11)15-2/h4-7,11-12,15H,3,8H2,1-2H3,(H,16,19). The molecule has 2 unspecified atom stereocenters. The first-order valence-corrected chi connectivity index (χ1v) is 7.69. The summed E-state index contributed by atoms with van der Waals surface area (Å²) in [4.78, 5) is 11.6. The van der Waals surface area contributed by atoms with E-state index >= 15 is 0 Å². The zero-order valence-electron chi connectivity index (χ0n) is 11.6. The van der Waals surface area contributed by atoms with Crippen LogP contribution >= 0.6 is 11.8 Å². The molecule has 0 saturated carbocycles. The highest BCUT2D eigenvalue weighted by molar-refractivity contribution is 7.99. The van der Waals surface area contributed by atoms with Crippen LogP contribution < -0.4 is 11.0 Å². The Morgan fingerprint density at radius 1 is 1.50 bits per heavy atom. The van der Waals surface area contributed by atoms with Gasteiger partial charge in [-0.15, -0.1) is 5.10 Å². The molecule has 1 aliphatic carbocycles. The van der Waals surface area contributed by atoms with Crippen molar-refractivity contribution in [1.82, 2.24) is 20.1 Å². The molecule has 1 aliphatic rings. The molecule has 0 bridgehead atoms. The van der Waals surface area contributed by atoms with E-state index in [2.05, 4.69) is 39.8 Å². The maximum atomic E-state index is 11.6. The van der Waals surface area contributed by atoms with Crippen LogP contribution in [0.15, 0.2) is 34.2 Å². The summed E-state index contributed by atoms with van der Waals surface area (Å²) < 4.78 is 1.68. The van der Waals surface area contributed by atoms with Gasteiger partial charge in [0.25, 0.3) is 0 Å². The summed E-state index contributed by atoms with van der Waals surface area (Å²) in [7, 11) is 1.98. The Morgan fingerprint density at radius 2 is 2.30 bits per heavy atom. The van der Waals surface area contributed by atoms with E-state index < -0.39 is 0 Å². The van der Waals surface area contributed by atoms with Gasteiger partial charge in [0, 0.05) is 17.8 Å². The Bertz CT molecular complexity index is 663. The topological polar surface area (TPSA) is 62.7 Å². The first kappa shape index (κ1) is 13.5. The largest absolute Gasteiger partial charge is 0.343 e. The number of thioether (sulfide) groups is 1. The van der Waals surface area contributed by atoms with Crippen molar-refractivity contribution >= 4 is 11.8 Å². The molecule has 0 aliphatic heterocycles. The van der Waals surface area contributed by atoms with Crippen LogP contribution in [0.3, 0.4) is 0 Å². The van der Waals surface area contributed by atoms with E-state index in [1.807, 2.05) is 14.0 Å². The number of benzene rings is 1. The summed E-state index contributed by atoms with van der Waals surface area (Å²) in [5, 5.41) is 11.2. The number of H-pyrrole nitrogens is 1. The number of rotatable bonds is 4. The highest BCUT2D eigenvalue weighted by Gasteiger charge is 2.33. The lowest BCUT2D eigenvalue weighted by atomic mass is 10.1. The van der Waals surface area contributed by atoms with Gasteiger partial charge in [-0.25, -0.2) is 9.89 Å². The summed E-state index contributed by atoms with van der Waals surface area (Å²) in [5.41, 5.74) is 2.60. The van der Waals surface area contributed by atoms with Crippen molar-refractivity contribution in [3.8, 4) is 0 Å². The van der Waals surface area contributed by atoms with Crippen molar-refractivity contribution in [2.75, 3.05) is 7.05 Å². The van der Waals surface area contributed by atoms with E-state index in [0.717, 1.165) is 11.6 Å². The van der Waals surface area contributed by atoms with E-state index in [1.165, 1.54) is 11.1 Å². The van der Waals surface area contributed by atoms with Crippen molar-refractivity contribution in [3.63, 3.8) is 0 Å². The Balaban J connectivity index is 1.87. The Kier molecular flexibility index (Phi) is 3.67. The molecular weight excluding hydrogens is 272 g/mol. The SMILES string of the molecule is CCn1c(SC2Cc3ccccc3C2NC)n[nH]c1=O. The molecule has 6 heteroatoms. The predicted molar refractivity (Wildman–Crippen MR) is 80.1 cm³/mol. The molecule has 0 spiro atoms. The second-order valence-electron chi connectivity index (χ2n) is 4.88. The van der Waals surface area contributed by atoms with Crippen molar-refractivity contribution in [3.05, 3.63) is 45.9 Å². The molecule has 0 radical (unpaired) electrons. The second-order valence-corrected chi connectivity index (χ2v) is 6.09. The van der Waals surface area contributed by atoms with Gasteiger partial charge >= 0.3 is 5.69 Å². The molecule has 20 heavy (non-hydrogen) atoms. The third kappa shape index (κ3) is 2.19. The lowest BCUT2D eigenvalue weighted by molar-refractivity contribution is 0.597. The highest BCUT2D eigenvalue weighted by Crippen LogP contribution is 2.40. The van der Waals surface area contributed by atoms with Gasteiger partial charge in [-0.1, -0.05) is 36.0 Å². The van der Waals surface area contributed by atoms with Crippen LogP contribution in [0.1, 0.15) is 24.1 Å². The van der Waals surface area contributed by atoms with Crippen LogP contribution in [0.4, 0.5) is 0 Å². The number of aromatic amines is 1. The van der Waals surface area contributed by atoms with Crippen LogP contribution in [0, 0.1) is 0 Å². The number of fused-ring (bicyclic) bond motifs is 1. The first-order chi connectivity index (χ1) is 9.74. The fraction of sp³-hybridized carbons (Fsp3) is 0.429. The van der Waals surface area contributed by atoms with Gasteiger partial charge in [0.2, 0.25) is 0 Å². The molecule has 1 aromatic carbocycles. The van der Waals surface area contributed by atoms with Crippen molar-refractivity contribution in [2.45, 2.75) is 36.3 Å². The zero-order chi connectivity index (χ0) is 14.1. The van der Waals surface area contributed by atoms with Crippen LogP contribution in [0.5, 0.6) is 0 Å². The van der Waals surface area contributed by atoms with Gasteiger partial charge in [0.1, 0.15) is 0 Å². The zero-order valence-corrected chi connectivity index (χ0v) is 12.4. The minimum Gasteiger partial charge on any atom is -0.312 e. The number of hydrogen-bond donors (Lipinski definition) is 2. The molecule has 2 N–H and O–H groups in total. The molecule has 1 heterocycles. The minimum absolute atomic E-state index is 0.133. The molecule has 1 aromatic heterocycles. The maximum Gasteiger partial charge on any atom is 0.343 e. The molecule has 3 rings (SSSR count). The summed E-state index contributed by atoms with van der Waals surface area (Å²) in [5.74, 6) is 0. The molecule has 2 atom stereocenters. The fourth-order valence-corrected chi connectivity index (χ4v) is 4.21. The van der Waals surface area contributed by atoms with Gasteiger partial charge < -0.3 is 5.32 Å². The lowest BCUT2D eigenvalue weighted by Crippen LogP contribution is -2.24. The molecule has 5 nitrogen and oxygen atoms in total. The molecule has 2 aromatic rings. The number of nitrogens with zero attached hydrogens (tertiary/aromatic N) is 2. The maximum absolute atomic E-state index is 11.6. The summed E-state index contributed by atoms with van der Waals surface area (Å²) in [6, 6.07) is 8.81. The molecule has 0 saturated heterocycles. The van der Waals surface area contributed by atoms with Crippen molar-refractivity contribution in [2.24, 2.45) is 0 Å². The monoisotopic (exact) mass is 290 g/mol. The summed E-state index contributed by atoms with van der Waals surface area (Å²) in [6.45, 7) is 2.60. The van der Waals surface area contributed by atoms with Crippen molar-refractivity contribution < 1.29 is 0 Å². The van der Waals surface area contributed by atoms with Crippen LogP contribution in [0.2, 0.25) is 0 Å². The molecule has 106 valence electrons. The third-order valence-corrected chi connectivity index (χ3v) is 5.05. The fourth-order valence-electron chi connectivity index (χ4n) is 2.82. The smallest absolute Gasteiger partial charge is 0.312 e. The third-order valence-electron chi connectivity index (χ3n) is 3.79. The van der Waals surface area contributed by atoms with Crippen LogP contribution in [0.25, 0.3) is 0 Å². The van der Waals surface area contributed by atoms with Gasteiger partial charge in [-0.3, -0.25) is 4.57 Å². The normalized spacial score (nSPS) is 21.1. The quantitative estimate of drug-likeness (QED) is 0.897.